The van der Waals surface area contributed by atoms with Gasteiger partial charge in [0.1, 0.15) is 6.04 Å². The second-order valence-corrected chi connectivity index (χ2v) is 3.40. The lowest BCUT2D eigenvalue weighted by molar-refractivity contribution is -0.159. The van der Waals surface area contributed by atoms with Gasteiger partial charge in [-0.25, -0.2) is 9.59 Å². The maximum Gasteiger partial charge on any atom is 0.414 e. The Morgan fingerprint density at radius 3 is 2.00 bits per heavy atom. The summed E-state index contributed by atoms with van der Waals surface area (Å²) in [6, 6.07) is -0.772. The van der Waals surface area contributed by atoms with Gasteiger partial charge in [0, 0.05) is 6.54 Å². The lowest BCUT2D eigenvalue weighted by Gasteiger charge is -2.08. The van der Waals surface area contributed by atoms with Crippen molar-refractivity contribution in [2.24, 2.45) is 5.73 Å². The average Bonchev–Trinajstić information content (AvgIpc) is 2.33. The first-order chi connectivity index (χ1) is 8.36. The number of aliphatic carboxylic acids is 2. The second-order valence-electron chi connectivity index (χ2n) is 3.40. The van der Waals surface area contributed by atoms with Crippen molar-refractivity contribution >= 4 is 17.8 Å². The number of unbranched alkanes of at least 4 members (excludes halogenated alkanes) is 2. The van der Waals surface area contributed by atoms with E-state index in [0.717, 1.165) is 19.3 Å². The Hall–Kier alpha value is -1.67. The fraction of sp³-hybridized carbons (Fsp3) is 0.700. The van der Waals surface area contributed by atoms with E-state index in [1.807, 2.05) is 0 Å². The number of amides is 1. The van der Waals surface area contributed by atoms with Gasteiger partial charge in [-0.1, -0.05) is 19.8 Å². The Kier molecular flexibility index (Phi) is 12.3. The summed E-state index contributed by atoms with van der Waals surface area (Å²) in [5.74, 6) is -3.92. The van der Waals surface area contributed by atoms with Crippen LogP contribution >= 0.6 is 0 Å². The van der Waals surface area contributed by atoms with Crippen LogP contribution in [-0.2, 0) is 14.4 Å². The lowest BCUT2D eigenvalue weighted by Crippen LogP contribution is -2.43. The molecule has 0 radical (unpaired) electrons. The quantitative estimate of drug-likeness (QED) is 0.297. The molecule has 8 nitrogen and oxygen atoms in total. The number of nitrogens with two attached hydrogens (primary N) is 1. The summed E-state index contributed by atoms with van der Waals surface area (Å²) < 4.78 is 0. The topological polar surface area (TPSA) is 150 Å². The van der Waals surface area contributed by atoms with E-state index < -0.39 is 18.0 Å². The van der Waals surface area contributed by atoms with E-state index in [4.69, 9.17) is 30.6 Å². The van der Waals surface area contributed by atoms with Crippen molar-refractivity contribution in [1.29, 1.82) is 0 Å². The number of carboxylic acids is 2. The molecule has 0 spiro atoms. The first kappa shape index (κ1) is 18.7. The standard InChI is InChI=1S/C8H18N2O2.C2H2O4/c1-2-3-4-5-10-8(12)7(9)6-11;3-1(4)2(5)6/h7,11H,2-6,9H2,1H3,(H,10,12);(H,3,4)(H,5,6)/t7-;/m0./s1. The van der Waals surface area contributed by atoms with Crippen molar-refractivity contribution in [3.05, 3.63) is 0 Å². The molecule has 8 heteroatoms. The van der Waals surface area contributed by atoms with Crippen LogP contribution in [0.1, 0.15) is 26.2 Å². The second kappa shape index (κ2) is 11.8. The van der Waals surface area contributed by atoms with E-state index >= 15 is 0 Å². The molecule has 0 bridgehead atoms. The van der Waals surface area contributed by atoms with Gasteiger partial charge < -0.3 is 26.4 Å². The molecule has 0 aromatic carbocycles. The molecule has 1 amide bonds. The number of carbonyl (C=O) groups excluding carboxylic acids is 1. The molecule has 0 aliphatic heterocycles. The summed E-state index contributed by atoms with van der Waals surface area (Å²) in [5.41, 5.74) is 5.27. The van der Waals surface area contributed by atoms with Crippen molar-refractivity contribution in [3.8, 4) is 0 Å². The average molecular weight is 264 g/mol. The SMILES string of the molecule is CCCCCNC(=O)[C@@H](N)CO.O=C(O)C(=O)O. The first-order valence-corrected chi connectivity index (χ1v) is 5.47. The molecule has 0 fully saturated rings. The predicted octanol–water partition coefficient (Wildman–Crippen LogP) is -1.23. The maximum absolute atomic E-state index is 10.9. The lowest BCUT2D eigenvalue weighted by atomic mass is 10.2. The van der Waals surface area contributed by atoms with Crippen LogP contribution in [0.4, 0.5) is 0 Å². The largest absolute Gasteiger partial charge is 0.473 e. The third-order valence-corrected chi connectivity index (χ3v) is 1.80. The van der Waals surface area contributed by atoms with Crippen molar-refractivity contribution in [3.63, 3.8) is 0 Å². The van der Waals surface area contributed by atoms with Gasteiger partial charge in [-0.3, -0.25) is 4.79 Å². The van der Waals surface area contributed by atoms with Gasteiger partial charge in [0.15, 0.2) is 0 Å². The molecule has 18 heavy (non-hydrogen) atoms. The molecule has 0 aromatic rings. The molecule has 1 atom stereocenters. The Morgan fingerprint density at radius 2 is 1.67 bits per heavy atom. The van der Waals surface area contributed by atoms with Crippen LogP contribution in [0.2, 0.25) is 0 Å². The molecule has 0 aliphatic rings. The normalized spacial score (nSPS) is 10.8. The van der Waals surface area contributed by atoms with E-state index in [9.17, 15) is 4.79 Å². The number of aliphatic hydroxyl groups is 1. The summed E-state index contributed by atoms with van der Waals surface area (Å²) in [4.78, 5) is 29.1. The van der Waals surface area contributed by atoms with E-state index in [0.29, 0.717) is 6.54 Å². The zero-order valence-electron chi connectivity index (χ0n) is 10.3. The highest BCUT2D eigenvalue weighted by atomic mass is 16.4. The van der Waals surface area contributed by atoms with E-state index in [-0.39, 0.29) is 12.5 Å². The first-order valence-electron chi connectivity index (χ1n) is 5.47. The van der Waals surface area contributed by atoms with Gasteiger partial charge in [-0.15, -0.1) is 0 Å². The number of nitrogens with one attached hydrogen (secondary N) is 1. The number of hydrogen-bond acceptors (Lipinski definition) is 5. The molecule has 106 valence electrons. The third kappa shape index (κ3) is 12.4. The van der Waals surface area contributed by atoms with Crippen molar-refractivity contribution in [1.82, 2.24) is 5.32 Å². The smallest absolute Gasteiger partial charge is 0.414 e. The number of carbonyl (C=O) groups is 3. The third-order valence-electron chi connectivity index (χ3n) is 1.80. The molecule has 0 aliphatic carbocycles. The van der Waals surface area contributed by atoms with Crippen LogP contribution in [0.3, 0.4) is 0 Å². The maximum atomic E-state index is 10.9. The van der Waals surface area contributed by atoms with Gasteiger partial charge in [-0.2, -0.15) is 0 Å². The highest BCUT2D eigenvalue weighted by Gasteiger charge is 2.09. The number of aliphatic hydroxyl groups excluding tert-OH is 1. The summed E-state index contributed by atoms with van der Waals surface area (Å²) in [6.07, 6.45) is 3.21. The summed E-state index contributed by atoms with van der Waals surface area (Å²) in [6.45, 7) is 2.46. The number of carboxylic acid groups (broad SMARTS) is 2. The van der Waals surface area contributed by atoms with Crippen LogP contribution < -0.4 is 11.1 Å². The Balaban J connectivity index is 0. The summed E-state index contributed by atoms with van der Waals surface area (Å²) in [5, 5.41) is 25.9. The van der Waals surface area contributed by atoms with Gasteiger partial charge >= 0.3 is 11.9 Å². The molecule has 0 rings (SSSR count). The molecule has 0 aromatic heterocycles. The van der Waals surface area contributed by atoms with Gasteiger partial charge in [0.05, 0.1) is 6.61 Å². The van der Waals surface area contributed by atoms with Crippen LogP contribution in [-0.4, -0.2) is 52.4 Å². The Labute approximate surface area is 105 Å². The fourth-order valence-corrected chi connectivity index (χ4v) is 0.801. The van der Waals surface area contributed by atoms with E-state index in [1.54, 1.807) is 0 Å². The van der Waals surface area contributed by atoms with Gasteiger partial charge in [0.2, 0.25) is 5.91 Å². The predicted molar refractivity (Wildman–Crippen MR) is 62.9 cm³/mol. The fourth-order valence-electron chi connectivity index (χ4n) is 0.801. The zero-order chi connectivity index (χ0) is 14.6. The van der Waals surface area contributed by atoms with Crippen LogP contribution in [0.5, 0.6) is 0 Å². The summed E-state index contributed by atoms with van der Waals surface area (Å²) in [7, 11) is 0. The zero-order valence-corrected chi connectivity index (χ0v) is 10.3. The molecular formula is C10H20N2O6. The molecule has 0 saturated heterocycles. The van der Waals surface area contributed by atoms with Crippen LogP contribution in [0, 0.1) is 0 Å². The van der Waals surface area contributed by atoms with Crippen molar-refractivity contribution in [2.75, 3.05) is 13.2 Å². The van der Waals surface area contributed by atoms with E-state index in [1.165, 1.54) is 0 Å². The monoisotopic (exact) mass is 264 g/mol. The van der Waals surface area contributed by atoms with E-state index in [2.05, 4.69) is 12.2 Å². The van der Waals surface area contributed by atoms with Gasteiger partial charge in [0.25, 0.3) is 0 Å². The van der Waals surface area contributed by atoms with Gasteiger partial charge in [-0.05, 0) is 6.42 Å². The number of hydrogen-bond donors (Lipinski definition) is 5. The molecule has 6 N–H and O–H groups in total. The van der Waals surface area contributed by atoms with Crippen LogP contribution in [0.15, 0.2) is 0 Å². The summed E-state index contributed by atoms with van der Waals surface area (Å²) >= 11 is 0. The molecule has 0 unspecified atom stereocenters. The highest BCUT2D eigenvalue weighted by molar-refractivity contribution is 6.27. The van der Waals surface area contributed by atoms with Crippen molar-refractivity contribution in [2.45, 2.75) is 32.2 Å². The van der Waals surface area contributed by atoms with Crippen LogP contribution in [0.25, 0.3) is 0 Å². The van der Waals surface area contributed by atoms with Crippen molar-refractivity contribution < 1.29 is 29.7 Å². The molecular weight excluding hydrogens is 244 g/mol. The minimum atomic E-state index is -1.82. The highest BCUT2D eigenvalue weighted by Crippen LogP contribution is 1.91. The Morgan fingerprint density at radius 1 is 1.17 bits per heavy atom. The minimum Gasteiger partial charge on any atom is -0.473 e. The Bertz CT molecular complexity index is 257. The molecule has 0 saturated carbocycles. The number of rotatable bonds is 6. The minimum absolute atomic E-state index is 0.270. The molecule has 0 heterocycles.